The van der Waals surface area contributed by atoms with E-state index in [2.05, 4.69) is 18.8 Å². The van der Waals surface area contributed by atoms with E-state index in [1.54, 1.807) is 11.3 Å². The molecule has 0 N–H and O–H groups in total. The number of thiazole rings is 1. The monoisotopic (exact) mass is 168 g/mol. The molecule has 0 bridgehead atoms. The van der Waals surface area contributed by atoms with Gasteiger partial charge in [-0.3, -0.25) is 0 Å². The smallest absolute Gasteiger partial charge is 0.0896 e. The summed E-state index contributed by atoms with van der Waals surface area (Å²) in [6.07, 6.45) is 6.71. The van der Waals surface area contributed by atoms with Gasteiger partial charge in [-0.1, -0.05) is 19.8 Å². The Bertz CT molecular complexity index is 205. The minimum absolute atomic E-state index is 1.05. The lowest BCUT2D eigenvalue weighted by molar-refractivity contribution is 0.752. The molecule has 0 spiro atoms. The molecule has 0 saturated carbocycles. The number of aromatic nitrogens is 1. The van der Waals surface area contributed by atoms with Gasteiger partial charge >= 0.3 is 0 Å². The molecule has 11 heavy (non-hydrogen) atoms. The molecular formula is C9H14NS. The van der Waals surface area contributed by atoms with Crippen molar-refractivity contribution in [2.24, 2.45) is 0 Å². The SMILES string of the molecule is [CH2]CCCCc1cnc(C)s1. The summed E-state index contributed by atoms with van der Waals surface area (Å²) >= 11 is 1.81. The number of rotatable bonds is 4. The summed E-state index contributed by atoms with van der Waals surface area (Å²) in [5, 5.41) is 1.18. The predicted octanol–water partition coefficient (Wildman–Crippen LogP) is 3.00. The van der Waals surface area contributed by atoms with Crippen LogP contribution in [0.5, 0.6) is 0 Å². The lowest BCUT2D eigenvalue weighted by Gasteiger charge is -1.92. The number of hydrogen-bond acceptors (Lipinski definition) is 2. The number of unbranched alkanes of at least 4 members (excludes halogenated alkanes) is 2. The van der Waals surface area contributed by atoms with Crippen LogP contribution in [0, 0.1) is 13.8 Å². The first kappa shape index (κ1) is 8.72. The molecule has 1 radical (unpaired) electrons. The Morgan fingerprint density at radius 2 is 2.36 bits per heavy atom. The van der Waals surface area contributed by atoms with Crippen LogP contribution in [0.2, 0.25) is 0 Å². The van der Waals surface area contributed by atoms with Crippen molar-refractivity contribution in [3.63, 3.8) is 0 Å². The molecule has 0 atom stereocenters. The standard InChI is InChI=1S/C9H14NS/c1-3-4-5-6-9-7-10-8(2)11-9/h7H,1,3-6H2,2H3. The normalized spacial score (nSPS) is 10.4. The molecule has 1 heterocycles. The van der Waals surface area contributed by atoms with Crippen molar-refractivity contribution in [3.05, 3.63) is 23.0 Å². The van der Waals surface area contributed by atoms with E-state index in [0.717, 1.165) is 6.42 Å². The zero-order valence-corrected chi connectivity index (χ0v) is 7.78. The fourth-order valence-electron chi connectivity index (χ4n) is 0.997. The van der Waals surface area contributed by atoms with Crippen LogP contribution in [0.1, 0.15) is 29.1 Å². The second kappa shape index (κ2) is 4.50. The maximum absolute atomic E-state index is 4.20. The molecule has 0 amide bonds. The van der Waals surface area contributed by atoms with Crippen molar-refractivity contribution in [2.75, 3.05) is 0 Å². The predicted molar refractivity (Wildman–Crippen MR) is 49.8 cm³/mol. The van der Waals surface area contributed by atoms with E-state index in [1.807, 2.05) is 6.20 Å². The third-order valence-corrected chi connectivity index (χ3v) is 2.56. The summed E-state index contributed by atoms with van der Waals surface area (Å²) < 4.78 is 0. The Labute approximate surface area is 72.5 Å². The summed E-state index contributed by atoms with van der Waals surface area (Å²) in [6, 6.07) is 0. The third-order valence-electron chi connectivity index (χ3n) is 1.59. The minimum Gasteiger partial charge on any atom is -0.250 e. The van der Waals surface area contributed by atoms with Crippen LogP contribution in [0.3, 0.4) is 0 Å². The van der Waals surface area contributed by atoms with Gasteiger partial charge in [0.25, 0.3) is 0 Å². The van der Waals surface area contributed by atoms with Gasteiger partial charge in [0.05, 0.1) is 5.01 Å². The highest BCUT2D eigenvalue weighted by molar-refractivity contribution is 7.11. The average molecular weight is 168 g/mol. The molecule has 0 saturated heterocycles. The number of aryl methyl sites for hydroxylation is 2. The van der Waals surface area contributed by atoms with E-state index >= 15 is 0 Å². The molecule has 1 nitrogen and oxygen atoms in total. The Kier molecular flexibility index (Phi) is 3.57. The molecule has 0 unspecified atom stereocenters. The third kappa shape index (κ3) is 3.02. The lowest BCUT2D eigenvalue weighted by atomic mass is 10.2. The molecule has 0 aromatic carbocycles. The summed E-state index contributed by atoms with van der Waals surface area (Å²) in [7, 11) is 0. The average Bonchev–Trinajstić information content (AvgIpc) is 2.37. The molecular weight excluding hydrogens is 154 g/mol. The topological polar surface area (TPSA) is 12.9 Å². The quantitative estimate of drug-likeness (QED) is 0.630. The molecule has 1 aromatic rings. The van der Waals surface area contributed by atoms with Gasteiger partial charge in [0.15, 0.2) is 0 Å². The first-order valence-corrected chi connectivity index (χ1v) is 4.85. The van der Waals surface area contributed by atoms with Gasteiger partial charge in [-0.15, -0.1) is 11.3 Å². The van der Waals surface area contributed by atoms with Gasteiger partial charge in [-0.25, -0.2) is 4.98 Å². The molecule has 2 heteroatoms. The highest BCUT2D eigenvalue weighted by Gasteiger charge is 1.96. The Morgan fingerprint density at radius 1 is 1.55 bits per heavy atom. The van der Waals surface area contributed by atoms with Gasteiger partial charge in [0.1, 0.15) is 0 Å². The van der Waals surface area contributed by atoms with Crippen molar-refractivity contribution in [1.29, 1.82) is 0 Å². The Hall–Kier alpha value is -0.370. The summed E-state index contributed by atoms with van der Waals surface area (Å²) in [4.78, 5) is 5.61. The largest absolute Gasteiger partial charge is 0.250 e. The Balaban J connectivity index is 2.27. The molecule has 0 aliphatic carbocycles. The van der Waals surface area contributed by atoms with E-state index in [-0.39, 0.29) is 0 Å². The fourth-order valence-corrected chi connectivity index (χ4v) is 1.83. The van der Waals surface area contributed by atoms with Crippen LogP contribution in [0.25, 0.3) is 0 Å². The van der Waals surface area contributed by atoms with Crippen molar-refractivity contribution in [1.82, 2.24) is 4.98 Å². The number of nitrogens with zero attached hydrogens (tertiary/aromatic N) is 1. The van der Waals surface area contributed by atoms with Crippen LogP contribution >= 0.6 is 11.3 Å². The lowest BCUT2D eigenvalue weighted by Crippen LogP contribution is -1.79. The van der Waals surface area contributed by atoms with Gasteiger partial charge in [0.2, 0.25) is 0 Å². The molecule has 0 aliphatic heterocycles. The first-order valence-electron chi connectivity index (χ1n) is 4.03. The molecule has 61 valence electrons. The van der Waals surface area contributed by atoms with Gasteiger partial charge in [-0.2, -0.15) is 0 Å². The van der Waals surface area contributed by atoms with Crippen LogP contribution in [0.4, 0.5) is 0 Å². The Morgan fingerprint density at radius 3 is 2.91 bits per heavy atom. The maximum Gasteiger partial charge on any atom is 0.0896 e. The second-order valence-corrected chi connectivity index (χ2v) is 3.98. The highest BCUT2D eigenvalue weighted by atomic mass is 32.1. The van der Waals surface area contributed by atoms with Crippen molar-refractivity contribution in [2.45, 2.75) is 32.6 Å². The molecule has 0 fully saturated rings. The summed E-state index contributed by atoms with van der Waals surface area (Å²) in [6.45, 7) is 5.86. The van der Waals surface area contributed by atoms with Gasteiger partial charge in [-0.05, 0) is 19.8 Å². The van der Waals surface area contributed by atoms with Crippen LogP contribution in [-0.2, 0) is 6.42 Å². The van der Waals surface area contributed by atoms with E-state index in [0.29, 0.717) is 0 Å². The van der Waals surface area contributed by atoms with E-state index < -0.39 is 0 Å². The highest BCUT2D eigenvalue weighted by Crippen LogP contribution is 2.14. The van der Waals surface area contributed by atoms with Crippen LogP contribution in [-0.4, -0.2) is 4.98 Å². The second-order valence-electron chi connectivity index (χ2n) is 2.66. The van der Waals surface area contributed by atoms with Crippen molar-refractivity contribution < 1.29 is 0 Å². The van der Waals surface area contributed by atoms with E-state index in [9.17, 15) is 0 Å². The molecule has 1 aromatic heterocycles. The van der Waals surface area contributed by atoms with Gasteiger partial charge in [0, 0.05) is 11.1 Å². The minimum atomic E-state index is 1.05. The van der Waals surface area contributed by atoms with Crippen molar-refractivity contribution >= 4 is 11.3 Å². The van der Waals surface area contributed by atoms with E-state index in [4.69, 9.17) is 0 Å². The summed E-state index contributed by atoms with van der Waals surface area (Å²) in [5.41, 5.74) is 0. The van der Waals surface area contributed by atoms with Gasteiger partial charge < -0.3 is 0 Å². The summed E-state index contributed by atoms with van der Waals surface area (Å²) in [5.74, 6) is 0. The number of hydrogen-bond donors (Lipinski definition) is 0. The van der Waals surface area contributed by atoms with Crippen molar-refractivity contribution in [3.8, 4) is 0 Å². The first-order chi connectivity index (χ1) is 5.33. The van der Waals surface area contributed by atoms with Crippen LogP contribution in [0.15, 0.2) is 6.20 Å². The maximum atomic E-state index is 4.20. The molecule has 0 aliphatic rings. The zero-order valence-electron chi connectivity index (χ0n) is 6.97. The fraction of sp³-hybridized carbons (Fsp3) is 0.556. The van der Waals surface area contributed by atoms with Crippen LogP contribution < -0.4 is 0 Å². The van der Waals surface area contributed by atoms with E-state index in [1.165, 1.54) is 29.1 Å². The zero-order chi connectivity index (χ0) is 8.10. The molecule has 1 rings (SSSR count).